The Kier molecular flexibility index (Phi) is 6.82. The summed E-state index contributed by atoms with van der Waals surface area (Å²) in [5, 5.41) is 6.16. The zero-order valence-electron chi connectivity index (χ0n) is 16.4. The number of nitrogens with one attached hydrogen (secondary N) is 2. The van der Waals surface area contributed by atoms with E-state index >= 15 is 0 Å². The summed E-state index contributed by atoms with van der Waals surface area (Å²) in [4.78, 5) is 27.0. The van der Waals surface area contributed by atoms with Gasteiger partial charge < -0.3 is 25.0 Å². The van der Waals surface area contributed by atoms with Crippen LogP contribution in [0.4, 0.5) is 11.4 Å². The highest BCUT2D eigenvalue weighted by Crippen LogP contribution is 2.33. The number of methoxy groups -OCH3 is 1. The van der Waals surface area contributed by atoms with E-state index in [0.29, 0.717) is 28.8 Å². The summed E-state index contributed by atoms with van der Waals surface area (Å²) in [7, 11) is 1.52. The Labute approximate surface area is 174 Å². The van der Waals surface area contributed by atoms with Crippen LogP contribution in [0.2, 0.25) is 5.02 Å². The van der Waals surface area contributed by atoms with Crippen molar-refractivity contribution < 1.29 is 19.1 Å². The van der Waals surface area contributed by atoms with Crippen molar-refractivity contribution in [2.75, 3.05) is 37.0 Å². The van der Waals surface area contributed by atoms with E-state index in [1.807, 2.05) is 30.0 Å². The van der Waals surface area contributed by atoms with Crippen molar-refractivity contribution in [3.63, 3.8) is 0 Å². The largest absolute Gasteiger partial charge is 0.495 e. The summed E-state index contributed by atoms with van der Waals surface area (Å²) < 4.78 is 11.1. The molecule has 1 aliphatic rings. The van der Waals surface area contributed by atoms with E-state index in [1.165, 1.54) is 7.11 Å². The molecule has 0 unspecified atom stereocenters. The number of para-hydroxylation sites is 2. The fourth-order valence-electron chi connectivity index (χ4n) is 3.10. The van der Waals surface area contributed by atoms with Crippen LogP contribution < -0.4 is 25.0 Å². The molecule has 1 aliphatic heterocycles. The number of nitrogens with zero attached hydrogens (tertiary/aromatic N) is 1. The summed E-state index contributed by atoms with van der Waals surface area (Å²) >= 11 is 6.03. The molecule has 2 aromatic carbocycles. The predicted octanol–water partition coefficient (Wildman–Crippen LogP) is 3.08. The van der Waals surface area contributed by atoms with Gasteiger partial charge in [-0.1, -0.05) is 30.7 Å². The standard InChI is InChI=1S/C21H24ClN3O4/c1-3-10-23-21(27)19-12-25(16-6-4-5-7-18(16)29-19)13-20(26)24-15-11-14(22)8-9-17(15)28-2/h4-9,11,19H,3,10,12-13H2,1-2H3,(H,23,27)(H,24,26)/t19-/m1/s1. The first-order valence-electron chi connectivity index (χ1n) is 9.43. The van der Waals surface area contributed by atoms with Crippen molar-refractivity contribution in [3.8, 4) is 11.5 Å². The quantitative estimate of drug-likeness (QED) is 0.723. The highest BCUT2D eigenvalue weighted by molar-refractivity contribution is 6.31. The molecule has 2 aromatic rings. The van der Waals surface area contributed by atoms with Crippen LogP contribution in [0.5, 0.6) is 11.5 Å². The van der Waals surface area contributed by atoms with Gasteiger partial charge in [0.15, 0.2) is 6.10 Å². The van der Waals surface area contributed by atoms with Gasteiger partial charge in [0.25, 0.3) is 5.91 Å². The van der Waals surface area contributed by atoms with Crippen molar-refractivity contribution >= 4 is 34.8 Å². The number of carbonyl (C=O) groups excluding carboxylic acids is 2. The second-order valence-electron chi connectivity index (χ2n) is 6.64. The maximum atomic E-state index is 12.7. The number of hydrogen-bond acceptors (Lipinski definition) is 5. The number of carbonyl (C=O) groups is 2. The maximum absolute atomic E-state index is 12.7. The summed E-state index contributed by atoms with van der Waals surface area (Å²) in [5.74, 6) is 0.642. The van der Waals surface area contributed by atoms with Gasteiger partial charge in [0.1, 0.15) is 11.5 Å². The Bertz CT molecular complexity index is 890. The van der Waals surface area contributed by atoms with Crippen molar-refractivity contribution in [1.82, 2.24) is 5.32 Å². The molecule has 154 valence electrons. The van der Waals surface area contributed by atoms with Gasteiger partial charge in [-0.2, -0.15) is 0 Å². The molecule has 7 nitrogen and oxygen atoms in total. The Morgan fingerprint density at radius 3 is 2.83 bits per heavy atom. The Morgan fingerprint density at radius 2 is 2.07 bits per heavy atom. The first-order chi connectivity index (χ1) is 14.0. The van der Waals surface area contributed by atoms with E-state index in [0.717, 1.165) is 12.1 Å². The first-order valence-corrected chi connectivity index (χ1v) is 9.81. The molecule has 3 rings (SSSR count). The van der Waals surface area contributed by atoms with Gasteiger partial charge in [0, 0.05) is 11.6 Å². The van der Waals surface area contributed by atoms with Crippen molar-refractivity contribution in [2.45, 2.75) is 19.4 Å². The van der Waals surface area contributed by atoms with Crippen molar-refractivity contribution in [1.29, 1.82) is 0 Å². The third kappa shape index (κ3) is 5.12. The van der Waals surface area contributed by atoms with E-state index in [1.54, 1.807) is 24.3 Å². The number of benzene rings is 2. The van der Waals surface area contributed by atoms with Crippen LogP contribution in [0, 0.1) is 0 Å². The molecule has 0 aromatic heterocycles. The monoisotopic (exact) mass is 417 g/mol. The number of ether oxygens (including phenoxy) is 2. The van der Waals surface area contributed by atoms with Crippen molar-refractivity contribution in [3.05, 3.63) is 47.5 Å². The normalized spacial score (nSPS) is 15.1. The summed E-state index contributed by atoms with van der Waals surface area (Å²) in [6.07, 6.45) is 0.146. The van der Waals surface area contributed by atoms with E-state index in [9.17, 15) is 9.59 Å². The zero-order chi connectivity index (χ0) is 20.8. The van der Waals surface area contributed by atoms with Crippen LogP contribution >= 0.6 is 11.6 Å². The molecule has 2 N–H and O–H groups in total. The number of anilines is 2. The SMILES string of the molecule is CCCNC(=O)[C@H]1CN(CC(=O)Nc2cc(Cl)ccc2OC)c2ccccc2O1. The Hall–Kier alpha value is -2.93. The Balaban J connectivity index is 1.75. The lowest BCUT2D eigenvalue weighted by atomic mass is 10.1. The van der Waals surface area contributed by atoms with Crippen LogP contribution in [0.3, 0.4) is 0 Å². The summed E-state index contributed by atoms with van der Waals surface area (Å²) in [5.41, 5.74) is 1.25. The molecule has 1 atom stereocenters. The molecule has 0 saturated heterocycles. The fraction of sp³-hybridized carbons (Fsp3) is 0.333. The minimum Gasteiger partial charge on any atom is -0.495 e. The molecule has 0 bridgehead atoms. The van der Waals surface area contributed by atoms with Gasteiger partial charge in [-0.15, -0.1) is 0 Å². The van der Waals surface area contributed by atoms with E-state index in [2.05, 4.69) is 10.6 Å². The molecule has 1 heterocycles. The number of rotatable bonds is 7. The third-order valence-corrected chi connectivity index (χ3v) is 4.71. The zero-order valence-corrected chi connectivity index (χ0v) is 17.2. The van der Waals surface area contributed by atoms with Gasteiger partial charge in [0.2, 0.25) is 5.91 Å². The smallest absolute Gasteiger partial charge is 0.262 e. The molecule has 0 spiro atoms. The van der Waals surface area contributed by atoms with Crippen LogP contribution in [0.1, 0.15) is 13.3 Å². The van der Waals surface area contributed by atoms with Gasteiger partial charge in [-0.25, -0.2) is 0 Å². The van der Waals surface area contributed by atoms with Gasteiger partial charge >= 0.3 is 0 Å². The molecule has 8 heteroatoms. The van der Waals surface area contributed by atoms with Crippen molar-refractivity contribution in [2.24, 2.45) is 0 Å². The molecular formula is C21H24ClN3O4. The molecule has 0 radical (unpaired) electrons. The van der Waals surface area contributed by atoms with Gasteiger partial charge in [0.05, 0.1) is 31.6 Å². The average Bonchev–Trinajstić information content (AvgIpc) is 2.72. The number of fused-ring (bicyclic) bond motifs is 1. The minimum atomic E-state index is -0.690. The summed E-state index contributed by atoms with van der Waals surface area (Å²) in [6, 6.07) is 12.4. The minimum absolute atomic E-state index is 0.0492. The van der Waals surface area contributed by atoms with E-state index in [4.69, 9.17) is 21.1 Å². The van der Waals surface area contributed by atoms with E-state index < -0.39 is 6.10 Å². The second kappa shape index (κ2) is 9.52. The van der Waals surface area contributed by atoms with Gasteiger partial charge in [-0.3, -0.25) is 9.59 Å². The number of hydrogen-bond donors (Lipinski definition) is 2. The molecule has 2 amide bonds. The van der Waals surface area contributed by atoms with Crippen LogP contribution in [0.15, 0.2) is 42.5 Å². The highest BCUT2D eigenvalue weighted by Gasteiger charge is 2.31. The van der Waals surface area contributed by atoms with Crippen LogP contribution in [-0.2, 0) is 9.59 Å². The maximum Gasteiger partial charge on any atom is 0.262 e. The lowest BCUT2D eigenvalue weighted by Crippen LogP contribution is -2.50. The van der Waals surface area contributed by atoms with Gasteiger partial charge in [-0.05, 0) is 36.8 Å². The average molecular weight is 418 g/mol. The van der Waals surface area contributed by atoms with Crippen LogP contribution in [-0.4, -0.2) is 44.7 Å². The van der Waals surface area contributed by atoms with Crippen LogP contribution in [0.25, 0.3) is 0 Å². The van der Waals surface area contributed by atoms with E-state index in [-0.39, 0.29) is 24.9 Å². The first kappa shape index (κ1) is 20.8. The number of amides is 2. The topological polar surface area (TPSA) is 79.9 Å². The highest BCUT2D eigenvalue weighted by atomic mass is 35.5. The lowest BCUT2D eigenvalue weighted by molar-refractivity contribution is -0.128. The number of halogens is 1. The summed E-state index contributed by atoms with van der Waals surface area (Å²) in [6.45, 7) is 2.88. The molecule has 0 fully saturated rings. The molecular weight excluding hydrogens is 394 g/mol. The molecule has 0 aliphatic carbocycles. The Morgan fingerprint density at radius 1 is 1.28 bits per heavy atom. The third-order valence-electron chi connectivity index (χ3n) is 4.47. The molecule has 0 saturated carbocycles. The molecule has 29 heavy (non-hydrogen) atoms. The fourth-order valence-corrected chi connectivity index (χ4v) is 3.27. The lowest BCUT2D eigenvalue weighted by Gasteiger charge is -2.35. The second-order valence-corrected chi connectivity index (χ2v) is 7.07. The predicted molar refractivity (Wildman–Crippen MR) is 113 cm³/mol.